The molecule has 96 valence electrons. The first-order chi connectivity index (χ1) is 9.16. The van der Waals surface area contributed by atoms with Crippen LogP contribution in [-0.2, 0) is 0 Å². The van der Waals surface area contributed by atoms with Crippen molar-refractivity contribution < 1.29 is 9.50 Å². The Hall–Kier alpha value is -1.71. The highest BCUT2D eigenvalue weighted by Crippen LogP contribution is 2.34. The number of rotatable bonds is 2. The number of fused-ring (bicyclic) bond motifs is 1. The molecular weight excluding hydrogens is 259 g/mol. The fourth-order valence-electron chi connectivity index (χ4n) is 2.23. The zero-order chi connectivity index (χ0) is 13.4. The minimum Gasteiger partial charge on any atom is -0.383 e. The van der Waals surface area contributed by atoms with E-state index in [1.165, 1.54) is 6.07 Å². The van der Waals surface area contributed by atoms with E-state index < -0.39 is 6.10 Å². The lowest BCUT2D eigenvalue weighted by molar-refractivity contribution is 0.217. The number of benzene rings is 2. The zero-order valence-electron chi connectivity index (χ0n) is 10.4. The van der Waals surface area contributed by atoms with Crippen LogP contribution in [0.4, 0.5) is 4.39 Å². The molecule has 0 spiro atoms. The quantitative estimate of drug-likeness (QED) is 0.731. The molecule has 0 saturated heterocycles. The van der Waals surface area contributed by atoms with Crippen LogP contribution < -0.4 is 0 Å². The number of halogens is 1. The highest BCUT2D eigenvalue weighted by Gasteiger charge is 2.18. The minimum absolute atomic E-state index is 0.328. The van der Waals surface area contributed by atoms with Crippen molar-refractivity contribution in [2.24, 2.45) is 0 Å². The van der Waals surface area contributed by atoms with E-state index in [9.17, 15) is 9.50 Å². The van der Waals surface area contributed by atoms with Gasteiger partial charge in [0.2, 0.25) is 0 Å². The van der Waals surface area contributed by atoms with E-state index in [1.807, 2.05) is 42.6 Å². The maximum Gasteiger partial charge on any atom is 0.129 e. The molecular formula is C16H13FOS. The van der Waals surface area contributed by atoms with Gasteiger partial charge >= 0.3 is 0 Å². The van der Waals surface area contributed by atoms with Crippen LogP contribution in [0.15, 0.2) is 47.8 Å². The summed E-state index contributed by atoms with van der Waals surface area (Å²) in [7, 11) is 0. The lowest BCUT2D eigenvalue weighted by atomic mass is 9.99. The Balaban J connectivity index is 2.10. The lowest BCUT2D eigenvalue weighted by Gasteiger charge is -2.12. The van der Waals surface area contributed by atoms with Gasteiger partial charge in [0, 0.05) is 15.8 Å². The molecule has 3 rings (SSSR count). The van der Waals surface area contributed by atoms with Crippen molar-refractivity contribution in [2.75, 3.05) is 0 Å². The van der Waals surface area contributed by atoms with Gasteiger partial charge in [-0.1, -0.05) is 30.3 Å². The second-order valence-corrected chi connectivity index (χ2v) is 5.53. The molecule has 0 aliphatic heterocycles. The van der Waals surface area contributed by atoms with Crippen LogP contribution in [0.2, 0.25) is 0 Å². The normalized spacial score (nSPS) is 12.8. The molecule has 1 nitrogen and oxygen atoms in total. The smallest absolute Gasteiger partial charge is 0.129 e. The Labute approximate surface area is 115 Å². The van der Waals surface area contributed by atoms with Gasteiger partial charge in [0.05, 0.1) is 0 Å². The molecule has 0 saturated carbocycles. The fourth-order valence-corrected chi connectivity index (χ4v) is 3.21. The third-order valence-corrected chi connectivity index (χ3v) is 4.24. The second-order valence-electron chi connectivity index (χ2n) is 4.61. The molecule has 0 fully saturated rings. The van der Waals surface area contributed by atoms with Gasteiger partial charge in [-0.3, -0.25) is 0 Å². The molecule has 0 aliphatic rings. The van der Waals surface area contributed by atoms with Crippen molar-refractivity contribution in [3.8, 4) is 0 Å². The molecule has 1 aromatic heterocycles. The maximum absolute atomic E-state index is 13.9. The largest absolute Gasteiger partial charge is 0.383 e. The van der Waals surface area contributed by atoms with Crippen molar-refractivity contribution in [3.63, 3.8) is 0 Å². The van der Waals surface area contributed by atoms with E-state index in [-0.39, 0.29) is 5.82 Å². The van der Waals surface area contributed by atoms with Crippen LogP contribution in [0.5, 0.6) is 0 Å². The van der Waals surface area contributed by atoms with Crippen molar-refractivity contribution >= 4 is 21.4 Å². The summed E-state index contributed by atoms with van der Waals surface area (Å²) in [5.74, 6) is -0.359. The van der Waals surface area contributed by atoms with Gasteiger partial charge in [-0.25, -0.2) is 4.39 Å². The van der Waals surface area contributed by atoms with E-state index in [0.29, 0.717) is 5.56 Å². The van der Waals surface area contributed by atoms with Crippen molar-refractivity contribution in [3.05, 3.63) is 70.4 Å². The Kier molecular flexibility index (Phi) is 3.09. The third-order valence-electron chi connectivity index (χ3n) is 3.26. The number of aryl methyl sites for hydroxylation is 1. The molecule has 3 heteroatoms. The first-order valence-electron chi connectivity index (χ1n) is 6.07. The van der Waals surface area contributed by atoms with Crippen LogP contribution in [0, 0.1) is 12.7 Å². The number of aliphatic hydroxyl groups is 1. The number of hydrogen-bond acceptors (Lipinski definition) is 2. The van der Waals surface area contributed by atoms with Gasteiger partial charge in [-0.05, 0) is 35.4 Å². The highest BCUT2D eigenvalue weighted by atomic mass is 32.1. The Morgan fingerprint density at radius 3 is 2.68 bits per heavy atom. The van der Waals surface area contributed by atoms with Crippen molar-refractivity contribution in [1.82, 2.24) is 0 Å². The fraction of sp³-hybridized carbons (Fsp3) is 0.125. The average Bonchev–Trinajstić information content (AvgIpc) is 2.82. The summed E-state index contributed by atoms with van der Waals surface area (Å²) in [6, 6.07) is 12.8. The van der Waals surface area contributed by atoms with E-state index in [1.54, 1.807) is 17.4 Å². The molecule has 1 N–H and O–H groups in total. The van der Waals surface area contributed by atoms with Crippen molar-refractivity contribution in [2.45, 2.75) is 13.0 Å². The minimum atomic E-state index is -0.920. The van der Waals surface area contributed by atoms with Gasteiger partial charge in [0.1, 0.15) is 11.9 Å². The van der Waals surface area contributed by atoms with E-state index in [4.69, 9.17) is 0 Å². The highest BCUT2D eigenvalue weighted by molar-refractivity contribution is 7.17. The molecule has 1 heterocycles. The Morgan fingerprint density at radius 2 is 1.89 bits per heavy atom. The third kappa shape index (κ3) is 2.15. The zero-order valence-corrected chi connectivity index (χ0v) is 11.2. The summed E-state index contributed by atoms with van der Waals surface area (Å²) in [5.41, 5.74) is 1.95. The first-order valence-corrected chi connectivity index (χ1v) is 6.95. The maximum atomic E-state index is 13.9. The molecule has 3 aromatic rings. The Morgan fingerprint density at radius 1 is 1.11 bits per heavy atom. The average molecular weight is 272 g/mol. The summed E-state index contributed by atoms with van der Waals surface area (Å²) in [6.45, 7) is 1.83. The number of aliphatic hydroxyl groups excluding tert-OH is 1. The molecule has 19 heavy (non-hydrogen) atoms. The van der Waals surface area contributed by atoms with Gasteiger partial charge in [0.25, 0.3) is 0 Å². The summed E-state index contributed by atoms with van der Waals surface area (Å²) >= 11 is 1.56. The van der Waals surface area contributed by atoms with Crippen molar-refractivity contribution in [1.29, 1.82) is 0 Å². The van der Waals surface area contributed by atoms with E-state index >= 15 is 0 Å². The summed E-state index contributed by atoms with van der Waals surface area (Å²) in [4.78, 5) is 0. The van der Waals surface area contributed by atoms with Crippen LogP contribution in [0.25, 0.3) is 10.1 Å². The van der Waals surface area contributed by atoms with Gasteiger partial charge in [-0.2, -0.15) is 0 Å². The van der Waals surface area contributed by atoms with E-state index in [0.717, 1.165) is 21.2 Å². The Bertz CT molecular complexity index is 732. The monoisotopic (exact) mass is 272 g/mol. The van der Waals surface area contributed by atoms with Crippen LogP contribution in [0.3, 0.4) is 0 Å². The molecule has 1 unspecified atom stereocenters. The summed E-state index contributed by atoms with van der Waals surface area (Å²) in [5, 5.41) is 13.3. The van der Waals surface area contributed by atoms with Gasteiger partial charge in [-0.15, -0.1) is 11.3 Å². The SMILES string of the molecule is Cc1ccc(C(O)c2csc3ccccc23)c(F)c1. The first kappa shape index (κ1) is 12.3. The predicted octanol–water partition coefficient (Wildman–Crippen LogP) is 4.43. The molecule has 0 radical (unpaired) electrons. The lowest BCUT2D eigenvalue weighted by Crippen LogP contribution is -2.02. The second kappa shape index (κ2) is 4.76. The number of thiophene rings is 1. The standard InChI is InChI=1S/C16H13FOS/c1-10-6-7-12(14(17)8-10)16(18)13-9-19-15-5-3-2-4-11(13)15/h2-9,16,18H,1H3. The topological polar surface area (TPSA) is 20.2 Å². The predicted molar refractivity (Wildman–Crippen MR) is 77.0 cm³/mol. The van der Waals surface area contributed by atoms with E-state index in [2.05, 4.69) is 0 Å². The summed E-state index contributed by atoms with van der Waals surface area (Å²) in [6.07, 6.45) is -0.920. The summed E-state index contributed by atoms with van der Waals surface area (Å²) < 4.78 is 15.0. The van der Waals surface area contributed by atoms with Gasteiger partial charge < -0.3 is 5.11 Å². The molecule has 2 aromatic carbocycles. The number of hydrogen-bond donors (Lipinski definition) is 1. The molecule has 1 atom stereocenters. The van der Waals surface area contributed by atoms with Gasteiger partial charge in [0.15, 0.2) is 0 Å². The molecule has 0 amide bonds. The molecule has 0 aliphatic carbocycles. The van der Waals surface area contributed by atoms with Crippen LogP contribution in [0.1, 0.15) is 22.8 Å². The van der Waals surface area contributed by atoms with Crippen LogP contribution in [-0.4, -0.2) is 5.11 Å². The molecule has 0 bridgehead atoms. The van der Waals surface area contributed by atoms with Crippen LogP contribution >= 0.6 is 11.3 Å².